The SMILES string of the molecule is CCNC(=NCC(=O)N(C)CCc1ccccn1)NCCC(C)C.I. The van der Waals surface area contributed by atoms with Crippen molar-refractivity contribution in [3.05, 3.63) is 30.1 Å². The Bertz CT molecular complexity index is 507. The first kappa shape index (κ1) is 23.6. The van der Waals surface area contributed by atoms with E-state index in [-0.39, 0.29) is 36.4 Å². The number of hydrogen-bond donors (Lipinski definition) is 2. The zero-order valence-corrected chi connectivity index (χ0v) is 18.1. The predicted octanol–water partition coefficient (Wildman–Crippen LogP) is 2.30. The van der Waals surface area contributed by atoms with Crippen molar-refractivity contribution in [3.63, 3.8) is 0 Å². The molecule has 0 aliphatic rings. The van der Waals surface area contributed by atoms with Gasteiger partial charge in [0.25, 0.3) is 0 Å². The first-order valence-corrected chi connectivity index (χ1v) is 8.69. The monoisotopic (exact) mass is 461 g/mol. The van der Waals surface area contributed by atoms with Gasteiger partial charge in [0.1, 0.15) is 6.54 Å². The molecule has 25 heavy (non-hydrogen) atoms. The number of nitrogens with one attached hydrogen (secondary N) is 2. The van der Waals surface area contributed by atoms with Gasteiger partial charge in [-0.2, -0.15) is 0 Å². The van der Waals surface area contributed by atoms with E-state index in [1.54, 1.807) is 18.1 Å². The van der Waals surface area contributed by atoms with E-state index in [0.717, 1.165) is 31.6 Å². The zero-order chi connectivity index (χ0) is 17.8. The smallest absolute Gasteiger partial charge is 0.244 e. The summed E-state index contributed by atoms with van der Waals surface area (Å²) in [6.07, 6.45) is 3.59. The minimum atomic E-state index is 0. The fourth-order valence-corrected chi connectivity index (χ4v) is 2.04. The summed E-state index contributed by atoms with van der Waals surface area (Å²) in [6, 6.07) is 5.82. The van der Waals surface area contributed by atoms with Crippen LogP contribution in [0.1, 0.15) is 32.9 Å². The lowest BCUT2D eigenvalue weighted by molar-refractivity contribution is -0.128. The van der Waals surface area contributed by atoms with Crippen molar-refractivity contribution in [1.82, 2.24) is 20.5 Å². The number of carbonyl (C=O) groups excluding carboxylic acids is 1. The second-order valence-corrected chi connectivity index (χ2v) is 6.19. The summed E-state index contributed by atoms with van der Waals surface area (Å²) in [6.45, 7) is 8.81. The maximum absolute atomic E-state index is 12.2. The highest BCUT2D eigenvalue weighted by Crippen LogP contribution is 1.98. The van der Waals surface area contributed by atoms with E-state index >= 15 is 0 Å². The Labute approximate surface area is 168 Å². The number of rotatable bonds is 9. The number of pyridine rings is 1. The normalized spacial score (nSPS) is 11.0. The molecule has 1 aromatic heterocycles. The van der Waals surface area contributed by atoms with Crippen LogP contribution < -0.4 is 10.6 Å². The fourth-order valence-electron chi connectivity index (χ4n) is 2.04. The van der Waals surface area contributed by atoms with Crippen LogP contribution in [0, 0.1) is 5.92 Å². The Morgan fingerprint density at radius 3 is 2.68 bits per heavy atom. The van der Waals surface area contributed by atoms with E-state index in [2.05, 4.69) is 34.5 Å². The summed E-state index contributed by atoms with van der Waals surface area (Å²) in [5.74, 6) is 1.34. The number of halogens is 1. The molecule has 0 aliphatic carbocycles. The number of amides is 1. The van der Waals surface area contributed by atoms with Crippen molar-refractivity contribution in [2.45, 2.75) is 33.6 Å². The van der Waals surface area contributed by atoms with Crippen molar-refractivity contribution in [3.8, 4) is 0 Å². The summed E-state index contributed by atoms with van der Waals surface area (Å²) >= 11 is 0. The minimum Gasteiger partial charge on any atom is -0.357 e. The van der Waals surface area contributed by atoms with E-state index < -0.39 is 0 Å². The van der Waals surface area contributed by atoms with Gasteiger partial charge in [0, 0.05) is 45.0 Å². The number of likely N-dealkylation sites (N-methyl/N-ethyl adjacent to an activating group) is 1. The maximum Gasteiger partial charge on any atom is 0.244 e. The molecule has 142 valence electrons. The molecular weight excluding hydrogens is 429 g/mol. The average molecular weight is 461 g/mol. The highest BCUT2D eigenvalue weighted by atomic mass is 127. The van der Waals surface area contributed by atoms with E-state index in [9.17, 15) is 4.79 Å². The van der Waals surface area contributed by atoms with Crippen molar-refractivity contribution in [2.75, 3.05) is 33.2 Å². The maximum atomic E-state index is 12.2. The summed E-state index contributed by atoms with van der Waals surface area (Å²) in [5.41, 5.74) is 0.990. The molecule has 0 bridgehead atoms. The van der Waals surface area contributed by atoms with Crippen LogP contribution in [0.3, 0.4) is 0 Å². The van der Waals surface area contributed by atoms with Gasteiger partial charge in [0.05, 0.1) is 0 Å². The Hall–Kier alpha value is -1.38. The molecule has 0 fully saturated rings. The Morgan fingerprint density at radius 2 is 2.08 bits per heavy atom. The van der Waals surface area contributed by atoms with Gasteiger partial charge in [-0.25, -0.2) is 4.99 Å². The quantitative estimate of drug-likeness (QED) is 0.337. The zero-order valence-electron chi connectivity index (χ0n) is 15.8. The van der Waals surface area contributed by atoms with Crippen LogP contribution in [0.4, 0.5) is 0 Å². The van der Waals surface area contributed by atoms with Gasteiger partial charge in [0.15, 0.2) is 5.96 Å². The van der Waals surface area contributed by atoms with Gasteiger partial charge in [-0.1, -0.05) is 19.9 Å². The lowest BCUT2D eigenvalue weighted by Crippen LogP contribution is -2.39. The summed E-state index contributed by atoms with van der Waals surface area (Å²) in [5, 5.41) is 6.43. The highest BCUT2D eigenvalue weighted by Gasteiger charge is 2.09. The summed E-state index contributed by atoms with van der Waals surface area (Å²) in [4.78, 5) is 22.5. The van der Waals surface area contributed by atoms with Gasteiger partial charge in [-0.15, -0.1) is 24.0 Å². The van der Waals surface area contributed by atoms with Crippen molar-refractivity contribution < 1.29 is 4.79 Å². The van der Waals surface area contributed by atoms with Crippen LogP contribution in [-0.2, 0) is 11.2 Å². The van der Waals surface area contributed by atoms with Gasteiger partial charge in [0.2, 0.25) is 5.91 Å². The van der Waals surface area contributed by atoms with E-state index in [4.69, 9.17) is 0 Å². The van der Waals surface area contributed by atoms with E-state index in [0.29, 0.717) is 18.4 Å². The predicted molar refractivity (Wildman–Crippen MR) is 114 cm³/mol. The number of aromatic nitrogens is 1. The second kappa shape index (κ2) is 13.9. The van der Waals surface area contributed by atoms with Crippen LogP contribution in [0.25, 0.3) is 0 Å². The van der Waals surface area contributed by atoms with Crippen LogP contribution in [0.2, 0.25) is 0 Å². The molecule has 0 spiro atoms. The molecule has 1 rings (SSSR count). The molecule has 0 aliphatic heterocycles. The standard InChI is InChI=1S/C18H31N5O.HI/c1-5-19-18(21-12-9-15(2)3)22-14-17(24)23(4)13-10-16-8-6-7-11-20-16;/h6-8,11,15H,5,9-10,12-14H2,1-4H3,(H2,19,21,22);1H. The van der Waals surface area contributed by atoms with Crippen LogP contribution in [0.15, 0.2) is 29.4 Å². The Morgan fingerprint density at radius 1 is 1.32 bits per heavy atom. The molecule has 7 heteroatoms. The van der Waals surface area contributed by atoms with Crippen molar-refractivity contribution >= 4 is 35.8 Å². The molecule has 1 aromatic rings. The van der Waals surface area contributed by atoms with E-state index in [1.807, 2.05) is 25.1 Å². The average Bonchev–Trinajstić information content (AvgIpc) is 2.57. The number of carbonyl (C=O) groups is 1. The third-order valence-electron chi connectivity index (χ3n) is 3.59. The molecule has 0 atom stereocenters. The lowest BCUT2D eigenvalue weighted by atomic mass is 10.1. The largest absolute Gasteiger partial charge is 0.357 e. The molecule has 0 saturated carbocycles. The number of hydrogen-bond acceptors (Lipinski definition) is 3. The molecular formula is C18H32IN5O. The third-order valence-corrected chi connectivity index (χ3v) is 3.59. The first-order valence-electron chi connectivity index (χ1n) is 8.69. The Kier molecular flexibility index (Phi) is 13.1. The summed E-state index contributed by atoms with van der Waals surface area (Å²) in [7, 11) is 1.81. The van der Waals surface area contributed by atoms with E-state index in [1.165, 1.54) is 0 Å². The molecule has 1 heterocycles. The highest BCUT2D eigenvalue weighted by molar-refractivity contribution is 14.0. The fraction of sp³-hybridized carbons (Fsp3) is 0.611. The first-order chi connectivity index (χ1) is 11.5. The molecule has 0 radical (unpaired) electrons. The van der Waals surface area contributed by atoms with Gasteiger partial charge in [-0.05, 0) is 31.4 Å². The molecule has 0 unspecified atom stereocenters. The summed E-state index contributed by atoms with van der Waals surface area (Å²) < 4.78 is 0. The molecule has 1 amide bonds. The number of aliphatic imine (C=N–C) groups is 1. The van der Waals surface area contributed by atoms with Gasteiger partial charge >= 0.3 is 0 Å². The molecule has 0 aromatic carbocycles. The number of nitrogens with zero attached hydrogens (tertiary/aromatic N) is 3. The third kappa shape index (κ3) is 11.0. The lowest BCUT2D eigenvalue weighted by Gasteiger charge is -2.17. The van der Waals surface area contributed by atoms with Gasteiger partial charge < -0.3 is 15.5 Å². The molecule has 6 nitrogen and oxygen atoms in total. The second-order valence-electron chi connectivity index (χ2n) is 6.19. The molecule has 2 N–H and O–H groups in total. The number of guanidine groups is 1. The van der Waals surface area contributed by atoms with Crippen molar-refractivity contribution in [1.29, 1.82) is 0 Å². The van der Waals surface area contributed by atoms with Crippen LogP contribution in [-0.4, -0.2) is 55.0 Å². The van der Waals surface area contributed by atoms with Gasteiger partial charge in [-0.3, -0.25) is 9.78 Å². The van der Waals surface area contributed by atoms with Crippen molar-refractivity contribution in [2.24, 2.45) is 10.9 Å². The minimum absolute atomic E-state index is 0. The molecule has 0 saturated heterocycles. The van der Waals surface area contributed by atoms with Crippen LogP contribution >= 0.6 is 24.0 Å². The topological polar surface area (TPSA) is 69.6 Å². The Balaban J connectivity index is 0.00000576. The van der Waals surface area contributed by atoms with Crippen LogP contribution in [0.5, 0.6) is 0 Å².